The summed E-state index contributed by atoms with van der Waals surface area (Å²) in [5.41, 5.74) is 1.45. The number of benzene rings is 2. The lowest BCUT2D eigenvalue weighted by molar-refractivity contribution is 0.104. The first-order chi connectivity index (χ1) is 17.3. The fourth-order valence-corrected chi connectivity index (χ4v) is 7.69. The summed E-state index contributed by atoms with van der Waals surface area (Å²) in [5.74, 6) is -0.408. The maximum absolute atomic E-state index is 15.3. The molecule has 2 aromatic carbocycles. The molecule has 0 spiro atoms. The topological polar surface area (TPSA) is 91.6 Å². The highest BCUT2D eigenvalue weighted by atomic mass is 32.2. The molecule has 0 bridgehead atoms. The van der Waals surface area contributed by atoms with Crippen molar-refractivity contribution in [1.82, 2.24) is 19.1 Å². The Morgan fingerprint density at radius 3 is 2.39 bits per heavy atom. The maximum Gasteiger partial charge on any atom is 0.221 e. The average Bonchev–Trinajstić information content (AvgIpc) is 3.43. The Hall–Kier alpha value is -2.82. The first kappa shape index (κ1) is 24.9. The molecule has 2 saturated heterocycles. The Kier molecular flexibility index (Phi) is 6.84. The van der Waals surface area contributed by atoms with Gasteiger partial charge in [-0.25, -0.2) is 12.8 Å². The zero-order chi connectivity index (χ0) is 25.3. The molecule has 0 aliphatic carbocycles. The summed E-state index contributed by atoms with van der Waals surface area (Å²) >= 11 is 0. The Balaban J connectivity index is 1.31. The summed E-state index contributed by atoms with van der Waals surface area (Å²) in [4.78, 5) is 2.09. The number of halogens is 1. The Bertz CT molecular complexity index is 1280. The van der Waals surface area contributed by atoms with Gasteiger partial charge in [0.05, 0.1) is 12.1 Å². The van der Waals surface area contributed by atoms with Gasteiger partial charge in [-0.2, -0.15) is 4.31 Å². The summed E-state index contributed by atoms with van der Waals surface area (Å²) in [7, 11) is -3.63. The first-order valence-corrected chi connectivity index (χ1v) is 13.9. The third-order valence-corrected chi connectivity index (χ3v) is 10.2. The van der Waals surface area contributed by atoms with Crippen molar-refractivity contribution in [3.8, 4) is 0 Å². The van der Waals surface area contributed by atoms with Gasteiger partial charge in [-0.15, -0.1) is 10.2 Å². The predicted molar refractivity (Wildman–Crippen MR) is 135 cm³/mol. The zero-order valence-corrected chi connectivity index (χ0v) is 21.2. The number of hydrogen-bond acceptors (Lipinski definition) is 6. The minimum absolute atomic E-state index is 0.0141. The van der Waals surface area contributed by atoms with Gasteiger partial charge in [-0.3, -0.25) is 0 Å². The second-order valence-corrected chi connectivity index (χ2v) is 12.0. The van der Waals surface area contributed by atoms with Gasteiger partial charge < -0.3 is 14.6 Å². The number of aliphatic hydroxyl groups is 1. The molecule has 8 nitrogen and oxygen atoms in total. The van der Waals surface area contributed by atoms with E-state index in [-0.39, 0.29) is 19.2 Å². The van der Waals surface area contributed by atoms with Crippen LogP contribution in [0.5, 0.6) is 0 Å². The fourth-order valence-electron chi connectivity index (χ4n) is 5.51. The maximum atomic E-state index is 15.3. The fraction of sp³-hybridized carbons (Fsp3) is 0.462. The minimum atomic E-state index is -3.63. The van der Waals surface area contributed by atoms with Crippen molar-refractivity contribution < 1.29 is 17.9 Å². The number of sulfonamides is 1. The standard InChI is InChI=1S/C26H32FN5O3S/c1-20-7-10-25(21-5-3-2-4-6-21)36(34,35)32(20)16-22-8-9-23(15-24(22)27)30-13-11-26(17-33,12-14-30)31-18-28-29-19-31/h2-6,8-9,15,18-20,25,33H,7,10-14,16-17H2,1H3/t20-,25-/m0/s1. The molecule has 0 saturated carbocycles. The third kappa shape index (κ3) is 4.53. The zero-order valence-electron chi connectivity index (χ0n) is 20.4. The molecule has 192 valence electrons. The van der Waals surface area contributed by atoms with Crippen LogP contribution in [0.1, 0.15) is 49.0 Å². The van der Waals surface area contributed by atoms with E-state index in [1.54, 1.807) is 18.7 Å². The monoisotopic (exact) mass is 513 g/mol. The van der Waals surface area contributed by atoms with E-state index in [2.05, 4.69) is 15.1 Å². The molecule has 5 rings (SSSR count). The van der Waals surface area contributed by atoms with Crippen LogP contribution in [0.2, 0.25) is 0 Å². The van der Waals surface area contributed by atoms with E-state index in [0.717, 1.165) is 17.7 Å². The summed E-state index contributed by atoms with van der Waals surface area (Å²) < 4.78 is 45.6. The molecule has 2 aliphatic heterocycles. The number of aromatic nitrogens is 3. The van der Waals surface area contributed by atoms with Crippen LogP contribution in [0, 0.1) is 5.82 Å². The number of nitrogens with zero attached hydrogens (tertiary/aromatic N) is 5. The van der Waals surface area contributed by atoms with E-state index in [9.17, 15) is 13.5 Å². The van der Waals surface area contributed by atoms with Crippen molar-refractivity contribution in [2.24, 2.45) is 0 Å². The second kappa shape index (κ2) is 9.91. The average molecular weight is 514 g/mol. The van der Waals surface area contributed by atoms with Gasteiger partial charge in [-0.1, -0.05) is 36.4 Å². The molecular formula is C26H32FN5O3S. The van der Waals surface area contributed by atoms with Gasteiger partial charge in [0.1, 0.15) is 23.7 Å². The minimum Gasteiger partial charge on any atom is -0.394 e. The van der Waals surface area contributed by atoms with Crippen LogP contribution in [0.25, 0.3) is 0 Å². The molecule has 36 heavy (non-hydrogen) atoms. The molecule has 2 aliphatic rings. The van der Waals surface area contributed by atoms with Gasteiger partial charge in [-0.05, 0) is 50.3 Å². The Morgan fingerprint density at radius 2 is 1.75 bits per heavy atom. The highest BCUT2D eigenvalue weighted by molar-refractivity contribution is 7.89. The van der Waals surface area contributed by atoms with E-state index < -0.39 is 26.6 Å². The smallest absolute Gasteiger partial charge is 0.221 e. The molecule has 3 heterocycles. The summed E-state index contributed by atoms with van der Waals surface area (Å²) in [6, 6.07) is 14.1. The van der Waals surface area contributed by atoms with Gasteiger partial charge >= 0.3 is 0 Å². The van der Waals surface area contributed by atoms with E-state index in [1.807, 2.05) is 47.9 Å². The number of hydrogen-bond donors (Lipinski definition) is 1. The highest BCUT2D eigenvalue weighted by Gasteiger charge is 2.41. The molecule has 3 aromatic rings. The molecule has 1 aromatic heterocycles. The molecule has 2 fully saturated rings. The predicted octanol–water partition coefficient (Wildman–Crippen LogP) is 3.46. The van der Waals surface area contributed by atoms with Crippen LogP contribution in [0.4, 0.5) is 10.1 Å². The summed E-state index contributed by atoms with van der Waals surface area (Å²) in [6.07, 6.45) is 5.89. The number of rotatable bonds is 6. The summed E-state index contributed by atoms with van der Waals surface area (Å²) in [6.45, 7) is 3.18. The molecule has 10 heteroatoms. The molecule has 1 N–H and O–H groups in total. The quantitative estimate of drug-likeness (QED) is 0.543. The molecular weight excluding hydrogens is 481 g/mol. The van der Waals surface area contributed by atoms with Crippen LogP contribution < -0.4 is 4.90 Å². The van der Waals surface area contributed by atoms with Crippen LogP contribution in [0.3, 0.4) is 0 Å². The molecule has 0 amide bonds. The van der Waals surface area contributed by atoms with E-state index in [4.69, 9.17) is 0 Å². The van der Waals surface area contributed by atoms with Crippen LogP contribution in [0.15, 0.2) is 61.2 Å². The Labute approximate surface area is 211 Å². The van der Waals surface area contributed by atoms with Crippen molar-refractivity contribution >= 4 is 15.7 Å². The van der Waals surface area contributed by atoms with Gasteiger partial charge in [0, 0.05) is 36.9 Å². The van der Waals surface area contributed by atoms with Gasteiger partial charge in [0.25, 0.3) is 0 Å². The number of aliphatic hydroxyl groups excluding tert-OH is 1. The van der Waals surface area contributed by atoms with Gasteiger partial charge in [0.15, 0.2) is 0 Å². The van der Waals surface area contributed by atoms with E-state index in [1.165, 1.54) is 10.4 Å². The van der Waals surface area contributed by atoms with E-state index >= 15 is 4.39 Å². The van der Waals surface area contributed by atoms with Crippen LogP contribution in [-0.2, 0) is 22.1 Å². The van der Waals surface area contributed by atoms with Crippen molar-refractivity contribution in [2.75, 3.05) is 24.6 Å². The lowest BCUT2D eigenvalue weighted by Gasteiger charge is -2.42. The van der Waals surface area contributed by atoms with Crippen molar-refractivity contribution in [3.63, 3.8) is 0 Å². The lowest BCUT2D eigenvalue weighted by Crippen LogP contribution is -2.48. The highest BCUT2D eigenvalue weighted by Crippen LogP contribution is 2.38. The lowest BCUT2D eigenvalue weighted by atomic mass is 9.87. The first-order valence-electron chi connectivity index (χ1n) is 12.4. The normalized spacial score (nSPS) is 24.0. The molecule has 0 radical (unpaired) electrons. The van der Waals surface area contributed by atoms with Crippen molar-refractivity contribution in [3.05, 3.63) is 78.1 Å². The van der Waals surface area contributed by atoms with Crippen LogP contribution >= 0.6 is 0 Å². The molecule has 0 unspecified atom stereocenters. The SMILES string of the molecule is C[C@H]1CC[C@@H](c2ccccc2)S(=O)(=O)N1Cc1ccc(N2CCC(CO)(n3cnnc3)CC2)cc1F. The number of anilines is 1. The summed E-state index contributed by atoms with van der Waals surface area (Å²) in [5, 5.41) is 17.2. The van der Waals surface area contributed by atoms with Crippen LogP contribution in [-0.4, -0.2) is 58.3 Å². The number of piperidine rings is 1. The third-order valence-electron chi connectivity index (χ3n) is 7.88. The van der Waals surface area contributed by atoms with E-state index in [0.29, 0.717) is 37.9 Å². The molecule has 2 atom stereocenters. The van der Waals surface area contributed by atoms with Gasteiger partial charge in [0.2, 0.25) is 10.0 Å². The van der Waals surface area contributed by atoms with Crippen molar-refractivity contribution in [2.45, 2.75) is 56.0 Å². The van der Waals surface area contributed by atoms with Crippen molar-refractivity contribution in [1.29, 1.82) is 0 Å². The largest absolute Gasteiger partial charge is 0.394 e. The second-order valence-electron chi connectivity index (χ2n) is 9.93. The Morgan fingerprint density at radius 1 is 1.06 bits per heavy atom.